The Kier molecular flexibility index (Phi) is 6.79. The molecule has 0 spiro atoms. The molecule has 0 aromatic heterocycles. The molecule has 2 N–H and O–H groups in total. The molecule has 0 amide bonds. The molecule has 7 heteroatoms. The Morgan fingerprint density at radius 1 is 0.955 bits per heavy atom. The van der Waals surface area contributed by atoms with Crippen molar-refractivity contribution in [2.75, 3.05) is 18.1 Å². The van der Waals surface area contributed by atoms with Crippen molar-refractivity contribution >= 4 is 39.8 Å². The number of halogens is 1. The van der Waals surface area contributed by atoms with Crippen LogP contribution in [0.5, 0.6) is 0 Å². The standard InChI is InChI=1S/C15H27N3O2S.HI/c19-21(20)9-8-12(11-21)10-16-15(18-14-6-7-14)17-13-4-2-1-3-5-13;/h12-14H,1-11H2,(H2,16,17,18);1H. The largest absolute Gasteiger partial charge is 0.354 e. The second-order valence-corrected chi connectivity index (χ2v) is 9.08. The van der Waals surface area contributed by atoms with Crippen molar-refractivity contribution in [3.63, 3.8) is 0 Å². The predicted molar refractivity (Wildman–Crippen MR) is 101 cm³/mol. The lowest BCUT2D eigenvalue weighted by Gasteiger charge is -2.25. The van der Waals surface area contributed by atoms with Gasteiger partial charge in [0.25, 0.3) is 0 Å². The van der Waals surface area contributed by atoms with Crippen LogP contribution in [0.1, 0.15) is 51.4 Å². The molecule has 3 rings (SSSR count). The highest BCUT2D eigenvalue weighted by Gasteiger charge is 2.28. The highest BCUT2D eigenvalue weighted by Crippen LogP contribution is 2.21. The van der Waals surface area contributed by atoms with Crippen molar-refractivity contribution in [1.29, 1.82) is 0 Å². The first kappa shape index (κ1) is 18.3. The zero-order valence-corrected chi connectivity index (χ0v) is 16.2. The Balaban J connectivity index is 0.00000176. The van der Waals surface area contributed by atoms with E-state index >= 15 is 0 Å². The first-order valence-electron chi connectivity index (χ1n) is 8.39. The van der Waals surface area contributed by atoms with Crippen molar-refractivity contribution in [3.05, 3.63) is 0 Å². The number of rotatable bonds is 4. The van der Waals surface area contributed by atoms with Crippen LogP contribution in [0.2, 0.25) is 0 Å². The molecule has 1 atom stereocenters. The summed E-state index contributed by atoms with van der Waals surface area (Å²) in [5.41, 5.74) is 0. The highest BCUT2D eigenvalue weighted by molar-refractivity contribution is 14.0. The third-order valence-electron chi connectivity index (χ3n) is 4.70. The zero-order chi connectivity index (χ0) is 14.7. The third kappa shape index (κ3) is 5.86. The number of hydrogen-bond acceptors (Lipinski definition) is 3. The molecular weight excluding hydrogens is 413 g/mol. The van der Waals surface area contributed by atoms with E-state index in [1.807, 2.05) is 0 Å². The molecule has 0 radical (unpaired) electrons. The minimum Gasteiger partial charge on any atom is -0.354 e. The molecule has 0 aromatic rings. The van der Waals surface area contributed by atoms with E-state index in [2.05, 4.69) is 15.6 Å². The summed E-state index contributed by atoms with van der Waals surface area (Å²) in [4.78, 5) is 4.68. The number of hydrogen-bond donors (Lipinski definition) is 2. The van der Waals surface area contributed by atoms with Crippen LogP contribution in [-0.2, 0) is 9.84 Å². The van der Waals surface area contributed by atoms with Crippen LogP contribution in [0.15, 0.2) is 4.99 Å². The van der Waals surface area contributed by atoms with Crippen LogP contribution >= 0.6 is 24.0 Å². The molecule has 2 aliphatic carbocycles. The van der Waals surface area contributed by atoms with Crippen molar-refractivity contribution in [2.24, 2.45) is 10.9 Å². The van der Waals surface area contributed by atoms with E-state index < -0.39 is 9.84 Å². The summed E-state index contributed by atoms with van der Waals surface area (Å²) in [7, 11) is -2.79. The first-order valence-corrected chi connectivity index (χ1v) is 10.2. The summed E-state index contributed by atoms with van der Waals surface area (Å²) < 4.78 is 23.0. The third-order valence-corrected chi connectivity index (χ3v) is 6.54. The quantitative estimate of drug-likeness (QED) is 0.398. The van der Waals surface area contributed by atoms with Gasteiger partial charge in [-0.3, -0.25) is 4.99 Å². The topological polar surface area (TPSA) is 70.6 Å². The molecule has 1 aliphatic heterocycles. The van der Waals surface area contributed by atoms with Gasteiger partial charge in [-0.25, -0.2) is 8.42 Å². The summed E-state index contributed by atoms with van der Waals surface area (Å²) in [6.45, 7) is 0.633. The van der Waals surface area contributed by atoms with Gasteiger partial charge in [0.2, 0.25) is 0 Å². The van der Waals surface area contributed by atoms with Crippen molar-refractivity contribution in [3.8, 4) is 0 Å². The van der Waals surface area contributed by atoms with Gasteiger partial charge in [0, 0.05) is 18.6 Å². The number of sulfone groups is 1. The van der Waals surface area contributed by atoms with Crippen LogP contribution < -0.4 is 10.6 Å². The minimum atomic E-state index is -2.79. The van der Waals surface area contributed by atoms with E-state index in [0.29, 0.717) is 30.1 Å². The fraction of sp³-hybridized carbons (Fsp3) is 0.933. The number of nitrogens with one attached hydrogen (secondary N) is 2. The minimum absolute atomic E-state index is 0. The maximum absolute atomic E-state index is 11.5. The van der Waals surface area contributed by atoms with Gasteiger partial charge in [0.15, 0.2) is 15.8 Å². The smallest absolute Gasteiger partial charge is 0.191 e. The van der Waals surface area contributed by atoms with E-state index in [1.54, 1.807) is 0 Å². The van der Waals surface area contributed by atoms with E-state index in [9.17, 15) is 8.42 Å². The molecule has 1 unspecified atom stereocenters. The van der Waals surface area contributed by atoms with E-state index in [4.69, 9.17) is 0 Å². The molecule has 5 nitrogen and oxygen atoms in total. The van der Waals surface area contributed by atoms with Crippen molar-refractivity contribution in [1.82, 2.24) is 10.6 Å². The molecule has 1 heterocycles. The van der Waals surface area contributed by atoms with Crippen LogP contribution in [0.4, 0.5) is 0 Å². The lowest BCUT2D eigenvalue weighted by atomic mass is 9.96. The Bertz CT molecular complexity index is 485. The van der Waals surface area contributed by atoms with Crippen LogP contribution in [0.3, 0.4) is 0 Å². The molecule has 0 aromatic carbocycles. The first-order chi connectivity index (χ1) is 10.1. The second kappa shape index (κ2) is 8.17. The average Bonchev–Trinajstić information content (AvgIpc) is 3.20. The maximum Gasteiger partial charge on any atom is 0.191 e. The molecule has 3 fully saturated rings. The summed E-state index contributed by atoms with van der Waals surface area (Å²) >= 11 is 0. The van der Waals surface area contributed by atoms with Crippen molar-refractivity contribution in [2.45, 2.75) is 63.5 Å². The molecule has 22 heavy (non-hydrogen) atoms. The van der Waals surface area contributed by atoms with Crippen molar-refractivity contribution < 1.29 is 8.42 Å². The van der Waals surface area contributed by atoms with Gasteiger partial charge in [-0.2, -0.15) is 0 Å². The fourth-order valence-corrected chi connectivity index (χ4v) is 5.08. The highest BCUT2D eigenvalue weighted by atomic mass is 127. The Morgan fingerprint density at radius 3 is 2.14 bits per heavy atom. The lowest BCUT2D eigenvalue weighted by molar-refractivity contribution is 0.409. The molecule has 3 aliphatic rings. The van der Waals surface area contributed by atoms with Gasteiger partial charge in [0.1, 0.15) is 0 Å². The van der Waals surface area contributed by atoms with Crippen LogP contribution in [0, 0.1) is 5.92 Å². The Hall–Kier alpha value is -0.0500. The summed E-state index contributed by atoms with van der Waals surface area (Å²) in [6, 6.07) is 1.11. The van der Waals surface area contributed by atoms with Crippen LogP contribution in [-0.4, -0.2) is 44.5 Å². The second-order valence-electron chi connectivity index (χ2n) is 6.86. The summed E-state index contributed by atoms with van der Waals surface area (Å²) in [6.07, 6.45) is 9.62. The maximum atomic E-state index is 11.5. The monoisotopic (exact) mass is 441 g/mol. The molecule has 128 valence electrons. The Morgan fingerprint density at radius 2 is 1.59 bits per heavy atom. The SMILES string of the molecule is I.O=S1(=O)CCC(CN=C(NC2CCCCC2)NC2CC2)C1. The number of nitrogens with zero attached hydrogens (tertiary/aromatic N) is 1. The number of aliphatic imine (C=N–C) groups is 1. The summed E-state index contributed by atoms with van der Waals surface area (Å²) in [5, 5.41) is 7.03. The average molecular weight is 441 g/mol. The van der Waals surface area contributed by atoms with Gasteiger partial charge < -0.3 is 10.6 Å². The Labute approximate surface area is 151 Å². The fourth-order valence-electron chi connectivity index (χ4n) is 3.23. The van der Waals surface area contributed by atoms with E-state index in [-0.39, 0.29) is 29.9 Å². The normalized spacial score (nSPS) is 28.9. The summed E-state index contributed by atoms with van der Waals surface area (Å²) in [5.74, 6) is 1.78. The number of guanidine groups is 1. The van der Waals surface area contributed by atoms with Gasteiger partial charge >= 0.3 is 0 Å². The van der Waals surface area contributed by atoms with E-state index in [1.165, 1.54) is 44.9 Å². The van der Waals surface area contributed by atoms with Gasteiger partial charge in [0.05, 0.1) is 11.5 Å². The predicted octanol–water partition coefficient (Wildman–Crippen LogP) is 2.07. The van der Waals surface area contributed by atoms with Gasteiger partial charge in [-0.15, -0.1) is 24.0 Å². The molecule has 2 saturated carbocycles. The molecule has 0 bridgehead atoms. The van der Waals surface area contributed by atoms with Gasteiger partial charge in [-0.05, 0) is 38.0 Å². The lowest BCUT2D eigenvalue weighted by Crippen LogP contribution is -2.45. The van der Waals surface area contributed by atoms with Gasteiger partial charge in [-0.1, -0.05) is 19.3 Å². The van der Waals surface area contributed by atoms with E-state index in [0.717, 1.165) is 12.4 Å². The molecular formula is C15H28IN3O2S. The van der Waals surface area contributed by atoms with Crippen LogP contribution in [0.25, 0.3) is 0 Å². The molecule has 1 saturated heterocycles. The zero-order valence-electron chi connectivity index (χ0n) is 13.1.